The number of carbonyl (C=O) groups is 2. The molecular weight excluding hydrogens is 292 g/mol. The first-order valence-electron chi connectivity index (χ1n) is 8.15. The lowest BCUT2D eigenvalue weighted by atomic mass is 9.78. The molecule has 23 heavy (non-hydrogen) atoms. The van der Waals surface area contributed by atoms with Crippen molar-refractivity contribution in [3.8, 4) is 0 Å². The van der Waals surface area contributed by atoms with Gasteiger partial charge in [-0.2, -0.15) is 0 Å². The van der Waals surface area contributed by atoms with Crippen LogP contribution in [-0.2, 0) is 16.1 Å². The first-order valence-corrected chi connectivity index (χ1v) is 8.15. The van der Waals surface area contributed by atoms with Gasteiger partial charge >= 0.3 is 6.09 Å². The summed E-state index contributed by atoms with van der Waals surface area (Å²) in [4.78, 5) is 25.6. The van der Waals surface area contributed by atoms with Crippen molar-refractivity contribution in [2.75, 3.05) is 14.1 Å². The normalized spacial score (nSPS) is 23.9. The minimum atomic E-state index is -0.386. The minimum absolute atomic E-state index is 0.0680. The second-order valence-electron chi connectivity index (χ2n) is 6.53. The smallest absolute Gasteiger partial charge is 0.407 e. The molecule has 1 aliphatic carbocycles. The highest BCUT2D eigenvalue weighted by Crippen LogP contribution is 2.30. The van der Waals surface area contributed by atoms with Crippen LogP contribution >= 0.6 is 0 Å². The van der Waals surface area contributed by atoms with Crippen LogP contribution in [0.15, 0.2) is 30.3 Å². The number of benzene rings is 1. The Hall–Kier alpha value is -2.04. The minimum Gasteiger partial charge on any atom is -0.445 e. The zero-order valence-corrected chi connectivity index (χ0v) is 14.1. The third-order valence-corrected chi connectivity index (χ3v) is 4.48. The zero-order valence-electron chi connectivity index (χ0n) is 14.1. The van der Waals surface area contributed by atoms with Crippen molar-refractivity contribution in [1.29, 1.82) is 0 Å². The Morgan fingerprint density at radius 3 is 2.52 bits per heavy atom. The molecule has 5 nitrogen and oxygen atoms in total. The van der Waals surface area contributed by atoms with Crippen LogP contribution in [0.2, 0.25) is 0 Å². The summed E-state index contributed by atoms with van der Waals surface area (Å²) < 4.78 is 5.27. The summed E-state index contributed by atoms with van der Waals surface area (Å²) in [5, 5.41) is 2.94. The van der Waals surface area contributed by atoms with Crippen LogP contribution in [0.4, 0.5) is 4.79 Å². The predicted octanol–water partition coefficient (Wildman–Crippen LogP) is 2.81. The number of nitrogens with zero attached hydrogens (tertiary/aromatic N) is 1. The number of rotatable bonds is 4. The molecule has 1 saturated carbocycles. The number of ether oxygens (including phenoxy) is 1. The quantitative estimate of drug-likeness (QED) is 0.928. The fourth-order valence-corrected chi connectivity index (χ4v) is 3.12. The Morgan fingerprint density at radius 2 is 1.91 bits per heavy atom. The van der Waals surface area contributed by atoms with E-state index in [2.05, 4.69) is 12.2 Å². The molecule has 0 radical (unpaired) electrons. The maximum absolute atomic E-state index is 12.0. The molecule has 2 rings (SSSR count). The maximum Gasteiger partial charge on any atom is 0.407 e. The highest BCUT2D eigenvalue weighted by Gasteiger charge is 2.33. The maximum atomic E-state index is 12.0. The molecule has 0 aromatic heterocycles. The molecule has 2 amide bonds. The Labute approximate surface area is 138 Å². The number of nitrogens with one attached hydrogen (secondary N) is 1. The molecule has 0 heterocycles. The molecule has 0 aliphatic heterocycles. The predicted molar refractivity (Wildman–Crippen MR) is 88.7 cm³/mol. The average molecular weight is 318 g/mol. The highest BCUT2D eigenvalue weighted by molar-refractivity contribution is 5.78. The number of alkyl carbamates (subject to hydrolysis) is 1. The first kappa shape index (κ1) is 17.3. The van der Waals surface area contributed by atoms with Gasteiger partial charge in [-0.25, -0.2) is 4.79 Å². The molecule has 1 aromatic rings. The van der Waals surface area contributed by atoms with Crippen LogP contribution in [0.5, 0.6) is 0 Å². The molecule has 3 atom stereocenters. The second-order valence-corrected chi connectivity index (χ2v) is 6.53. The third-order valence-electron chi connectivity index (χ3n) is 4.48. The number of carbonyl (C=O) groups excluding carboxylic acids is 2. The van der Waals surface area contributed by atoms with E-state index in [1.807, 2.05) is 30.3 Å². The summed E-state index contributed by atoms with van der Waals surface area (Å²) in [6.07, 6.45) is 2.04. The van der Waals surface area contributed by atoms with E-state index in [4.69, 9.17) is 4.74 Å². The molecule has 1 N–H and O–H groups in total. The van der Waals surface area contributed by atoms with E-state index in [9.17, 15) is 9.59 Å². The summed E-state index contributed by atoms with van der Waals surface area (Å²) >= 11 is 0. The van der Waals surface area contributed by atoms with E-state index in [0.717, 1.165) is 24.8 Å². The van der Waals surface area contributed by atoms with Crippen molar-refractivity contribution in [1.82, 2.24) is 10.2 Å². The lowest BCUT2D eigenvalue weighted by molar-refractivity contribution is -0.134. The Morgan fingerprint density at radius 1 is 1.22 bits per heavy atom. The van der Waals surface area contributed by atoms with E-state index in [1.54, 1.807) is 19.0 Å². The Balaban J connectivity index is 1.77. The molecular formula is C18H26N2O3. The van der Waals surface area contributed by atoms with Gasteiger partial charge in [0.2, 0.25) is 5.91 Å². The summed E-state index contributed by atoms with van der Waals surface area (Å²) in [6.45, 7) is 2.35. The molecule has 1 aromatic carbocycles. The summed E-state index contributed by atoms with van der Waals surface area (Å²) in [5.74, 6) is 0.516. The summed E-state index contributed by atoms with van der Waals surface area (Å²) in [7, 11) is 3.58. The van der Waals surface area contributed by atoms with E-state index >= 15 is 0 Å². The van der Waals surface area contributed by atoms with E-state index in [-0.39, 0.29) is 36.5 Å². The molecule has 0 bridgehead atoms. The molecule has 0 spiro atoms. The molecule has 1 aliphatic rings. The fourth-order valence-electron chi connectivity index (χ4n) is 3.12. The van der Waals surface area contributed by atoms with Crippen LogP contribution in [-0.4, -0.2) is 37.0 Å². The number of amides is 2. The van der Waals surface area contributed by atoms with Crippen molar-refractivity contribution < 1.29 is 14.3 Å². The van der Waals surface area contributed by atoms with Gasteiger partial charge in [0.15, 0.2) is 0 Å². The van der Waals surface area contributed by atoms with Crippen molar-refractivity contribution in [2.24, 2.45) is 11.8 Å². The van der Waals surface area contributed by atoms with Crippen molar-refractivity contribution >= 4 is 12.0 Å². The molecule has 0 saturated heterocycles. The van der Waals surface area contributed by atoms with E-state index < -0.39 is 0 Å². The van der Waals surface area contributed by atoms with Crippen LogP contribution in [0.3, 0.4) is 0 Å². The van der Waals surface area contributed by atoms with Crippen LogP contribution in [0, 0.1) is 11.8 Å². The monoisotopic (exact) mass is 318 g/mol. The van der Waals surface area contributed by atoms with Gasteiger partial charge in [-0.3, -0.25) is 4.79 Å². The van der Waals surface area contributed by atoms with E-state index in [1.165, 1.54) is 0 Å². The standard InChI is InChI=1S/C18H26N2O3/c1-13-11-15(17(21)20(2)3)9-10-16(13)19-18(22)23-12-14-7-5-4-6-8-14/h4-8,13,15-16H,9-12H2,1-3H3,(H,19,22)/t13-,15+,16+/m1/s1. The molecule has 126 valence electrons. The zero-order chi connectivity index (χ0) is 16.8. The Bertz CT molecular complexity index is 530. The van der Waals surface area contributed by atoms with E-state index in [0.29, 0.717) is 0 Å². The number of hydrogen-bond acceptors (Lipinski definition) is 3. The van der Waals surface area contributed by atoms with Gasteiger partial charge in [-0.05, 0) is 30.7 Å². The number of hydrogen-bond donors (Lipinski definition) is 1. The lowest BCUT2D eigenvalue weighted by Crippen LogP contribution is -2.45. The first-order chi connectivity index (χ1) is 11.0. The van der Waals surface area contributed by atoms with Crippen molar-refractivity contribution in [3.63, 3.8) is 0 Å². The van der Waals surface area contributed by atoms with Gasteiger partial charge in [0.25, 0.3) is 0 Å². The summed E-state index contributed by atoms with van der Waals surface area (Å²) in [6, 6.07) is 9.69. The summed E-state index contributed by atoms with van der Waals surface area (Å²) in [5.41, 5.74) is 0.969. The van der Waals surface area contributed by atoms with Gasteiger partial charge in [-0.1, -0.05) is 37.3 Å². The second kappa shape index (κ2) is 7.99. The largest absolute Gasteiger partial charge is 0.445 e. The lowest BCUT2D eigenvalue weighted by Gasteiger charge is -2.34. The molecule has 1 fully saturated rings. The SMILES string of the molecule is C[C@@H]1C[C@@H](C(=O)N(C)C)CC[C@@H]1NC(=O)OCc1ccccc1. The Kier molecular flexibility index (Phi) is 6.02. The van der Waals surface area contributed by atoms with Gasteiger partial charge in [0, 0.05) is 26.1 Å². The van der Waals surface area contributed by atoms with Gasteiger partial charge < -0.3 is 15.0 Å². The van der Waals surface area contributed by atoms with Crippen LogP contribution < -0.4 is 5.32 Å². The molecule has 5 heteroatoms. The average Bonchev–Trinajstić information content (AvgIpc) is 2.55. The van der Waals surface area contributed by atoms with Gasteiger partial charge in [0.05, 0.1) is 0 Å². The van der Waals surface area contributed by atoms with Crippen LogP contribution in [0.1, 0.15) is 31.7 Å². The highest BCUT2D eigenvalue weighted by atomic mass is 16.5. The third kappa shape index (κ3) is 4.98. The van der Waals surface area contributed by atoms with Gasteiger partial charge in [-0.15, -0.1) is 0 Å². The van der Waals surface area contributed by atoms with Crippen LogP contribution in [0.25, 0.3) is 0 Å². The topological polar surface area (TPSA) is 58.6 Å². The van der Waals surface area contributed by atoms with Crippen molar-refractivity contribution in [2.45, 2.75) is 38.8 Å². The fraction of sp³-hybridized carbons (Fsp3) is 0.556. The molecule has 0 unspecified atom stereocenters. The van der Waals surface area contributed by atoms with Crippen molar-refractivity contribution in [3.05, 3.63) is 35.9 Å². The van der Waals surface area contributed by atoms with Gasteiger partial charge in [0.1, 0.15) is 6.61 Å².